The van der Waals surface area contributed by atoms with Gasteiger partial charge in [0.1, 0.15) is 11.9 Å². The van der Waals surface area contributed by atoms with E-state index in [2.05, 4.69) is 20.2 Å². The number of nitrogens with one attached hydrogen (secondary N) is 1. The largest absolute Gasteiger partial charge is 0.379 e. The summed E-state index contributed by atoms with van der Waals surface area (Å²) < 4.78 is 5.40. The van der Waals surface area contributed by atoms with Crippen LogP contribution in [0.15, 0.2) is 42.7 Å². The number of ether oxygens (including phenoxy) is 1. The van der Waals surface area contributed by atoms with E-state index in [9.17, 15) is 14.4 Å². The summed E-state index contributed by atoms with van der Waals surface area (Å²) in [4.78, 5) is 50.4. The van der Waals surface area contributed by atoms with E-state index in [1.54, 1.807) is 11.0 Å². The molecule has 3 aliphatic rings. The van der Waals surface area contributed by atoms with Gasteiger partial charge in [-0.15, -0.1) is 0 Å². The third-order valence-corrected chi connectivity index (χ3v) is 6.96. The number of morpholine rings is 1. The van der Waals surface area contributed by atoms with Crippen molar-refractivity contribution >= 4 is 34.2 Å². The molecule has 1 N–H and O–H groups in total. The van der Waals surface area contributed by atoms with E-state index in [0.29, 0.717) is 24.9 Å². The first-order valence-corrected chi connectivity index (χ1v) is 11.9. The highest BCUT2D eigenvalue weighted by atomic mass is 16.5. The molecule has 2 aromatic carbocycles. The van der Waals surface area contributed by atoms with E-state index in [4.69, 9.17) is 4.74 Å². The highest BCUT2D eigenvalue weighted by Crippen LogP contribution is 2.41. The fourth-order valence-electron chi connectivity index (χ4n) is 5.19. The lowest BCUT2D eigenvalue weighted by Gasteiger charge is -2.30. The van der Waals surface area contributed by atoms with Crippen LogP contribution < -0.4 is 10.2 Å². The Balaban J connectivity index is 1.27. The minimum atomic E-state index is -0.686. The van der Waals surface area contributed by atoms with Gasteiger partial charge >= 0.3 is 0 Å². The summed E-state index contributed by atoms with van der Waals surface area (Å²) in [6.45, 7) is 3.98. The second-order valence-corrected chi connectivity index (χ2v) is 9.19. The van der Waals surface area contributed by atoms with Gasteiger partial charge in [-0.3, -0.25) is 29.5 Å². The minimum absolute atomic E-state index is 0.201. The molecule has 1 unspecified atom stereocenters. The highest BCUT2D eigenvalue weighted by Gasteiger charge is 2.40. The van der Waals surface area contributed by atoms with Gasteiger partial charge in [-0.25, -0.2) is 9.97 Å². The standard InChI is InChI=1S/C26H25N5O4/c32-23-7-6-21(25(33)29-23)31-20-5-4-17(18-2-1-3-19(24(18)20)26(31)34)12-16-13-27-22(28-14-16)15-30-8-10-35-11-9-30/h1-5,13-14,21H,6-12,15H2,(H,29,32,33). The molecule has 0 spiro atoms. The summed E-state index contributed by atoms with van der Waals surface area (Å²) in [6.07, 6.45) is 4.91. The quantitative estimate of drug-likeness (QED) is 0.566. The molecule has 3 aromatic rings. The lowest BCUT2D eigenvalue weighted by atomic mass is 9.97. The molecule has 0 aliphatic carbocycles. The number of piperidine rings is 1. The number of hydrogen-bond acceptors (Lipinski definition) is 7. The Morgan fingerprint density at radius 1 is 1.03 bits per heavy atom. The van der Waals surface area contributed by atoms with Crippen molar-refractivity contribution in [2.75, 3.05) is 31.2 Å². The molecular weight excluding hydrogens is 446 g/mol. The van der Waals surface area contributed by atoms with E-state index >= 15 is 0 Å². The van der Waals surface area contributed by atoms with Crippen LogP contribution in [0.2, 0.25) is 0 Å². The van der Waals surface area contributed by atoms with Crippen LogP contribution in [0.1, 0.15) is 40.2 Å². The summed E-state index contributed by atoms with van der Waals surface area (Å²) >= 11 is 0. The molecule has 9 nitrogen and oxygen atoms in total. The van der Waals surface area contributed by atoms with Crippen molar-refractivity contribution in [2.24, 2.45) is 0 Å². The van der Waals surface area contributed by atoms with Crippen molar-refractivity contribution in [3.05, 3.63) is 65.2 Å². The Morgan fingerprint density at radius 2 is 1.83 bits per heavy atom. The zero-order valence-electron chi connectivity index (χ0n) is 19.2. The van der Waals surface area contributed by atoms with Gasteiger partial charge in [0.2, 0.25) is 11.8 Å². The number of rotatable bonds is 5. The molecule has 0 bridgehead atoms. The average molecular weight is 472 g/mol. The predicted octanol–water partition coefficient (Wildman–Crippen LogP) is 1.82. The van der Waals surface area contributed by atoms with Gasteiger partial charge in [-0.2, -0.15) is 0 Å². The Labute approximate surface area is 202 Å². The molecule has 2 saturated heterocycles. The maximum Gasteiger partial charge on any atom is 0.259 e. The number of anilines is 1. The van der Waals surface area contributed by atoms with Crippen LogP contribution >= 0.6 is 0 Å². The Kier molecular flexibility index (Phi) is 5.50. The van der Waals surface area contributed by atoms with Crippen LogP contribution in [0.4, 0.5) is 5.69 Å². The fourth-order valence-corrected chi connectivity index (χ4v) is 5.19. The van der Waals surface area contributed by atoms with Gasteiger partial charge in [-0.1, -0.05) is 18.2 Å². The van der Waals surface area contributed by atoms with Crippen LogP contribution in [0.25, 0.3) is 10.8 Å². The van der Waals surface area contributed by atoms with Gasteiger partial charge in [0.05, 0.1) is 25.4 Å². The van der Waals surface area contributed by atoms with Gasteiger partial charge < -0.3 is 4.74 Å². The number of benzene rings is 2. The Bertz CT molecular complexity index is 1330. The van der Waals surface area contributed by atoms with Gasteiger partial charge in [0.25, 0.3) is 5.91 Å². The van der Waals surface area contributed by atoms with Crippen molar-refractivity contribution in [3.8, 4) is 0 Å². The summed E-state index contributed by atoms with van der Waals surface area (Å²) in [5, 5.41) is 4.19. The number of imide groups is 1. The van der Waals surface area contributed by atoms with Crippen LogP contribution in [-0.4, -0.2) is 64.9 Å². The molecule has 35 heavy (non-hydrogen) atoms. The molecule has 1 atom stereocenters. The number of aromatic nitrogens is 2. The number of hydrogen-bond donors (Lipinski definition) is 1. The van der Waals surface area contributed by atoms with E-state index in [1.165, 1.54) is 0 Å². The summed E-state index contributed by atoms with van der Waals surface area (Å²) in [5.74, 6) is -0.127. The summed E-state index contributed by atoms with van der Waals surface area (Å²) in [7, 11) is 0. The third-order valence-electron chi connectivity index (χ3n) is 6.96. The first-order valence-electron chi connectivity index (χ1n) is 11.9. The molecule has 178 valence electrons. The van der Waals surface area contributed by atoms with Crippen LogP contribution in [0, 0.1) is 0 Å². The first-order chi connectivity index (χ1) is 17.1. The molecule has 0 radical (unpaired) electrons. The molecular formula is C26H25N5O4. The van der Waals surface area contributed by atoms with Gasteiger partial charge in [-0.05, 0) is 35.1 Å². The summed E-state index contributed by atoms with van der Waals surface area (Å²) in [6, 6.07) is 8.90. The smallest absolute Gasteiger partial charge is 0.259 e. The monoisotopic (exact) mass is 471 g/mol. The normalized spacial score (nSPS) is 20.5. The van der Waals surface area contributed by atoms with E-state index in [1.807, 2.05) is 36.7 Å². The zero-order valence-corrected chi connectivity index (χ0v) is 19.2. The number of carbonyl (C=O) groups is 3. The lowest BCUT2D eigenvalue weighted by molar-refractivity contribution is -0.134. The second kappa shape index (κ2) is 8.83. The number of nitrogens with zero attached hydrogens (tertiary/aromatic N) is 4. The van der Waals surface area contributed by atoms with Crippen molar-refractivity contribution in [2.45, 2.75) is 31.8 Å². The predicted molar refractivity (Wildman–Crippen MR) is 128 cm³/mol. The second-order valence-electron chi connectivity index (χ2n) is 9.19. The molecule has 9 heteroatoms. The topological polar surface area (TPSA) is 105 Å². The highest BCUT2D eigenvalue weighted by molar-refractivity contribution is 6.27. The Hall–Kier alpha value is -3.69. The number of carbonyl (C=O) groups excluding carboxylic acids is 3. The van der Waals surface area contributed by atoms with Crippen molar-refractivity contribution in [1.82, 2.24) is 20.2 Å². The van der Waals surface area contributed by atoms with Crippen molar-refractivity contribution in [1.29, 1.82) is 0 Å². The lowest BCUT2D eigenvalue weighted by Crippen LogP contribution is -2.53. The van der Waals surface area contributed by atoms with E-state index in [-0.39, 0.29) is 18.2 Å². The molecule has 3 aliphatic heterocycles. The van der Waals surface area contributed by atoms with Crippen LogP contribution in [0.5, 0.6) is 0 Å². The summed E-state index contributed by atoms with van der Waals surface area (Å²) in [5.41, 5.74) is 3.35. The van der Waals surface area contributed by atoms with E-state index < -0.39 is 11.9 Å². The molecule has 4 heterocycles. The average Bonchev–Trinajstić information content (AvgIpc) is 3.15. The maximum absolute atomic E-state index is 13.3. The molecule has 6 rings (SSSR count). The number of amides is 3. The van der Waals surface area contributed by atoms with E-state index in [0.717, 1.165) is 59.7 Å². The van der Waals surface area contributed by atoms with Crippen molar-refractivity contribution < 1.29 is 19.1 Å². The van der Waals surface area contributed by atoms with Gasteiger partial charge in [0.15, 0.2) is 0 Å². The minimum Gasteiger partial charge on any atom is -0.379 e. The molecule has 1 aromatic heterocycles. The molecule has 3 amide bonds. The van der Waals surface area contributed by atoms with Crippen LogP contribution in [-0.2, 0) is 27.3 Å². The SMILES string of the molecule is O=C1CCC(N2C(=O)c3cccc4c(Cc5cnc(CN6CCOCC6)nc5)ccc2c34)C(=O)N1. The van der Waals surface area contributed by atoms with Crippen LogP contribution in [0.3, 0.4) is 0 Å². The Morgan fingerprint density at radius 3 is 2.60 bits per heavy atom. The van der Waals surface area contributed by atoms with Crippen molar-refractivity contribution in [3.63, 3.8) is 0 Å². The maximum atomic E-state index is 13.3. The van der Waals surface area contributed by atoms with Gasteiger partial charge in [0, 0.05) is 49.3 Å². The fraction of sp³-hybridized carbons (Fsp3) is 0.346. The third kappa shape index (κ3) is 3.96. The molecule has 2 fully saturated rings. The zero-order chi connectivity index (χ0) is 23.9. The molecule has 0 saturated carbocycles. The first kappa shape index (κ1) is 21.8.